The molecule has 17 heavy (non-hydrogen) atoms. The predicted molar refractivity (Wildman–Crippen MR) is 69.3 cm³/mol. The van der Waals surface area contributed by atoms with Crippen LogP contribution in [0.5, 0.6) is 0 Å². The van der Waals surface area contributed by atoms with E-state index in [0.29, 0.717) is 19.7 Å². The molecule has 0 fully saturated rings. The van der Waals surface area contributed by atoms with Crippen LogP contribution in [0.1, 0.15) is 11.1 Å². The summed E-state index contributed by atoms with van der Waals surface area (Å²) >= 11 is 0. The zero-order valence-electron chi connectivity index (χ0n) is 10.7. The molecule has 0 aliphatic carbocycles. The summed E-state index contributed by atoms with van der Waals surface area (Å²) in [6, 6.07) is 5.99. The molecular formula is C13H20N2O2. The molecule has 2 N–H and O–H groups in total. The van der Waals surface area contributed by atoms with Crippen LogP contribution in [0.25, 0.3) is 0 Å². The molecule has 1 amide bonds. The Balaban J connectivity index is 2.39. The van der Waals surface area contributed by atoms with E-state index in [1.807, 2.05) is 26.0 Å². The summed E-state index contributed by atoms with van der Waals surface area (Å²) in [7, 11) is 1.64. The Morgan fingerprint density at radius 1 is 1.24 bits per heavy atom. The van der Waals surface area contributed by atoms with Crippen molar-refractivity contribution in [3.05, 3.63) is 29.3 Å². The topological polar surface area (TPSA) is 50.4 Å². The summed E-state index contributed by atoms with van der Waals surface area (Å²) in [5.41, 5.74) is 3.14. The van der Waals surface area contributed by atoms with E-state index in [-0.39, 0.29) is 5.91 Å². The van der Waals surface area contributed by atoms with Crippen molar-refractivity contribution in [3.8, 4) is 0 Å². The first kappa shape index (κ1) is 13.7. The van der Waals surface area contributed by atoms with E-state index in [2.05, 4.69) is 16.7 Å². The van der Waals surface area contributed by atoms with Gasteiger partial charge in [-0.2, -0.15) is 0 Å². The van der Waals surface area contributed by atoms with Crippen molar-refractivity contribution in [2.24, 2.45) is 0 Å². The molecule has 0 radical (unpaired) electrons. The molecule has 0 saturated heterocycles. The van der Waals surface area contributed by atoms with Crippen LogP contribution in [-0.2, 0) is 9.53 Å². The normalized spacial score (nSPS) is 10.3. The summed E-state index contributed by atoms with van der Waals surface area (Å²) in [6.45, 7) is 5.61. The largest absolute Gasteiger partial charge is 0.383 e. The van der Waals surface area contributed by atoms with Gasteiger partial charge in [-0.1, -0.05) is 6.07 Å². The fourth-order valence-electron chi connectivity index (χ4n) is 1.63. The minimum Gasteiger partial charge on any atom is -0.383 e. The molecule has 0 atom stereocenters. The Morgan fingerprint density at radius 2 is 1.88 bits per heavy atom. The summed E-state index contributed by atoms with van der Waals surface area (Å²) < 4.78 is 4.88. The number of hydrogen-bond donors (Lipinski definition) is 2. The zero-order chi connectivity index (χ0) is 12.7. The van der Waals surface area contributed by atoms with Gasteiger partial charge in [0.1, 0.15) is 0 Å². The first-order valence-electron chi connectivity index (χ1n) is 5.69. The van der Waals surface area contributed by atoms with Crippen molar-refractivity contribution in [3.63, 3.8) is 0 Å². The summed E-state index contributed by atoms with van der Waals surface area (Å²) in [5, 5.41) is 5.86. The van der Waals surface area contributed by atoms with Gasteiger partial charge in [-0.15, -0.1) is 0 Å². The van der Waals surface area contributed by atoms with Gasteiger partial charge in [0.25, 0.3) is 0 Å². The van der Waals surface area contributed by atoms with Crippen LogP contribution < -0.4 is 10.6 Å². The second-order valence-electron chi connectivity index (χ2n) is 4.09. The number of amides is 1. The fourth-order valence-corrected chi connectivity index (χ4v) is 1.63. The summed E-state index contributed by atoms with van der Waals surface area (Å²) in [6.07, 6.45) is 0. The number of anilines is 1. The monoisotopic (exact) mass is 236 g/mol. The minimum atomic E-state index is -0.0360. The molecule has 4 heteroatoms. The average Bonchev–Trinajstić information content (AvgIpc) is 2.23. The molecule has 0 aliphatic heterocycles. The molecule has 1 aromatic rings. The Bertz CT molecular complexity index is 357. The Hall–Kier alpha value is -1.39. The molecule has 0 aromatic heterocycles. The Labute approximate surface area is 102 Å². The predicted octanol–water partition coefficient (Wildman–Crippen LogP) is 1.48. The highest BCUT2D eigenvalue weighted by atomic mass is 16.5. The quantitative estimate of drug-likeness (QED) is 0.736. The standard InChI is InChI=1S/C13H20N2O2/c1-10-6-11(2)8-12(7-10)15-13(16)9-14-4-5-17-3/h6-8,14H,4-5,9H2,1-3H3,(H,15,16). The molecule has 0 unspecified atom stereocenters. The Morgan fingerprint density at radius 3 is 2.47 bits per heavy atom. The number of ether oxygens (including phenoxy) is 1. The first-order valence-corrected chi connectivity index (χ1v) is 5.69. The van der Waals surface area contributed by atoms with Gasteiger partial charge < -0.3 is 15.4 Å². The van der Waals surface area contributed by atoms with Gasteiger partial charge >= 0.3 is 0 Å². The van der Waals surface area contributed by atoms with E-state index in [4.69, 9.17) is 4.74 Å². The van der Waals surface area contributed by atoms with Gasteiger partial charge in [0.2, 0.25) is 5.91 Å². The van der Waals surface area contributed by atoms with Crippen molar-refractivity contribution in [1.82, 2.24) is 5.32 Å². The molecule has 0 aliphatic rings. The van der Waals surface area contributed by atoms with Gasteiger partial charge in [-0.05, 0) is 37.1 Å². The number of rotatable bonds is 6. The molecule has 4 nitrogen and oxygen atoms in total. The van der Waals surface area contributed by atoms with Gasteiger partial charge in [-0.3, -0.25) is 4.79 Å². The second kappa shape index (κ2) is 7.04. The van der Waals surface area contributed by atoms with Crippen molar-refractivity contribution in [1.29, 1.82) is 0 Å². The maximum absolute atomic E-state index is 11.6. The lowest BCUT2D eigenvalue weighted by Gasteiger charge is -2.08. The minimum absolute atomic E-state index is 0.0360. The van der Waals surface area contributed by atoms with E-state index in [1.165, 1.54) is 0 Å². The summed E-state index contributed by atoms with van der Waals surface area (Å²) in [4.78, 5) is 11.6. The van der Waals surface area contributed by atoms with Gasteiger partial charge in [0.15, 0.2) is 0 Å². The molecule has 0 heterocycles. The van der Waals surface area contributed by atoms with Gasteiger partial charge in [0, 0.05) is 19.3 Å². The number of nitrogens with one attached hydrogen (secondary N) is 2. The maximum atomic E-state index is 11.6. The van der Waals surface area contributed by atoms with Crippen LogP contribution in [0.2, 0.25) is 0 Å². The van der Waals surface area contributed by atoms with Crippen LogP contribution in [0.3, 0.4) is 0 Å². The third-order valence-corrected chi connectivity index (χ3v) is 2.27. The van der Waals surface area contributed by atoms with Crippen molar-refractivity contribution >= 4 is 11.6 Å². The summed E-state index contributed by atoms with van der Waals surface area (Å²) in [5.74, 6) is -0.0360. The van der Waals surface area contributed by atoms with Gasteiger partial charge in [-0.25, -0.2) is 0 Å². The molecule has 0 saturated carbocycles. The van der Waals surface area contributed by atoms with Crippen molar-refractivity contribution < 1.29 is 9.53 Å². The van der Waals surface area contributed by atoms with E-state index < -0.39 is 0 Å². The third kappa shape index (κ3) is 5.47. The Kier molecular flexibility index (Phi) is 5.66. The number of methoxy groups -OCH3 is 1. The highest BCUT2D eigenvalue weighted by molar-refractivity contribution is 5.92. The van der Waals surface area contributed by atoms with E-state index in [9.17, 15) is 4.79 Å². The molecule has 0 spiro atoms. The molecular weight excluding hydrogens is 216 g/mol. The second-order valence-corrected chi connectivity index (χ2v) is 4.09. The number of hydrogen-bond acceptors (Lipinski definition) is 3. The van der Waals surface area contributed by atoms with E-state index >= 15 is 0 Å². The molecule has 94 valence electrons. The smallest absolute Gasteiger partial charge is 0.238 e. The highest BCUT2D eigenvalue weighted by Gasteiger charge is 2.02. The van der Waals surface area contributed by atoms with Crippen molar-refractivity contribution in [2.75, 3.05) is 32.1 Å². The lowest BCUT2D eigenvalue weighted by molar-refractivity contribution is -0.115. The van der Waals surface area contributed by atoms with Crippen LogP contribution in [0.4, 0.5) is 5.69 Å². The lowest BCUT2D eigenvalue weighted by Crippen LogP contribution is -2.30. The van der Waals surface area contributed by atoms with Crippen LogP contribution in [0, 0.1) is 13.8 Å². The van der Waals surface area contributed by atoms with E-state index in [0.717, 1.165) is 16.8 Å². The number of carbonyl (C=O) groups is 1. The first-order chi connectivity index (χ1) is 8.11. The number of aryl methyl sites for hydroxylation is 2. The molecule has 0 bridgehead atoms. The SMILES string of the molecule is COCCNCC(=O)Nc1cc(C)cc(C)c1. The maximum Gasteiger partial charge on any atom is 0.238 e. The number of carbonyl (C=O) groups excluding carboxylic acids is 1. The zero-order valence-corrected chi connectivity index (χ0v) is 10.7. The fraction of sp³-hybridized carbons (Fsp3) is 0.462. The molecule has 1 rings (SSSR count). The van der Waals surface area contributed by atoms with Crippen molar-refractivity contribution in [2.45, 2.75) is 13.8 Å². The van der Waals surface area contributed by atoms with Crippen LogP contribution in [-0.4, -0.2) is 32.7 Å². The average molecular weight is 236 g/mol. The number of benzene rings is 1. The molecule has 1 aromatic carbocycles. The lowest BCUT2D eigenvalue weighted by atomic mass is 10.1. The highest BCUT2D eigenvalue weighted by Crippen LogP contribution is 2.13. The van der Waals surface area contributed by atoms with Crippen LogP contribution in [0.15, 0.2) is 18.2 Å². The van der Waals surface area contributed by atoms with Gasteiger partial charge in [0.05, 0.1) is 13.2 Å². The third-order valence-electron chi connectivity index (χ3n) is 2.27. The van der Waals surface area contributed by atoms with E-state index in [1.54, 1.807) is 7.11 Å². The van der Waals surface area contributed by atoms with Crippen LogP contribution >= 0.6 is 0 Å².